The predicted molar refractivity (Wildman–Crippen MR) is 71.0 cm³/mol. The van der Waals surface area contributed by atoms with Crippen molar-refractivity contribution in [3.63, 3.8) is 0 Å². The molecule has 0 aliphatic heterocycles. The van der Waals surface area contributed by atoms with Gasteiger partial charge in [-0.25, -0.2) is 9.59 Å². The molecule has 8 heteroatoms. The smallest absolute Gasteiger partial charge is 0.331 e. The third-order valence-electron chi connectivity index (χ3n) is 2.54. The van der Waals surface area contributed by atoms with Crippen molar-refractivity contribution in [3.8, 4) is 0 Å². The Morgan fingerprint density at radius 1 is 1.55 bits per heavy atom. The second kappa shape index (κ2) is 5.91. The van der Waals surface area contributed by atoms with E-state index in [2.05, 4.69) is 10.4 Å². The Balaban J connectivity index is 2.77. The van der Waals surface area contributed by atoms with Crippen LogP contribution in [0.25, 0.3) is 0 Å². The fourth-order valence-electron chi connectivity index (χ4n) is 1.76. The van der Waals surface area contributed by atoms with E-state index in [1.54, 1.807) is 20.9 Å². The Hall–Kier alpha value is -2.09. The summed E-state index contributed by atoms with van der Waals surface area (Å²) in [5.41, 5.74) is -0.677. The molecule has 1 aromatic heterocycles. The molecule has 0 aliphatic rings. The van der Waals surface area contributed by atoms with E-state index < -0.39 is 23.6 Å². The number of aromatic nitrogens is 2. The summed E-state index contributed by atoms with van der Waals surface area (Å²) >= 11 is 0. The first-order chi connectivity index (χ1) is 9.10. The first-order valence-corrected chi connectivity index (χ1v) is 6.05. The van der Waals surface area contributed by atoms with E-state index in [4.69, 9.17) is 0 Å². The van der Waals surface area contributed by atoms with Crippen molar-refractivity contribution >= 4 is 12.0 Å². The molecule has 3 N–H and O–H groups in total. The molecule has 112 valence electrons. The minimum absolute atomic E-state index is 0.0816. The van der Waals surface area contributed by atoms with Crippen LogP contribution in [-0.4, -0.2) is 56.1 Å². The van der Waals surface area contributed by atoms with E-state index in [0.29, 0.717) is 5.56 Å². The highest BCUT2D eigenvalue weighted by Gasteiger charge is 2.26. The number of rotatable bonds is 5. The summed E-state index contributed by atoms with van der Waals surface area (Å²) in [7, 11) is 3.14. The van der Waals surface area contributed by atoms with E-state index in [9.17, 15) is 19.8 Å². The summed E-state index contributed by atoms with van der Waals surface area (Å²) in [5.74, 6) is -1.18. The van der Waals surface area contributed by atoms with Crippen molar-refractivity contribution in [2.45, 2.75) is 25.5 Å². The number of likely N-dealkylation sites (N-methyl/N-ethyl adjacent to an activating group) is 1. The maximum Gasteiger partial charge on any atom is 0.331 e. The number of carbonyl (C=O) groups excluding carboxylic acids is 1. The van der Waals surface area contributed by atoms with E-state index in [0.717, 1.165) is 0 Å². The molecule has 1 atom stereocenters. The summed E-state index contributed by atoms with van der Waals surface area (Å²) < 4.78 is 1.46. The summed E-state index contributed by atoms with van der Waals surface area (Å²) in [6.45, 7) is 3.21. The lowest BCUT2D eigenvalue weighted by Gasteiger charge is -2.26. The average Bonchev–Trinajstić information content (AvgIpc) is 2.69. The highest BCUT2D eigenvalue weighted by atomic mass is 16.4. The number of aliphatic carboxylic acids is 1. The van der Waals surface area contributed by atoms with Crippen molar-refractivity contribution in [1.29, 1.82) is 0 Å². The lowest BCUT2D eigenvalue weighted by atomic mass is 10.1. The van der Waals surface area contributed by atoms with Crippen molar-refractivity contribution in [2.24, 2.45) is 7.05 Å². The van der Waals surface area contributed by atoms with Gasteiger partial charge in [0.05, 0.1) is 18.3 Å². The molecule has 1 heterocycles. The Morgan fingerprint density at radius 2 is 2.15 bits per heavy atom. The molecule has 0 aromatic carbocycles. The van der Waals surface area contributed by atoms with Crippen LogP contribution in [0.5, 0.6) is 0 Å². The standard InChI is InChI=1S/C12H20N4O4/c1-12(2,20)7-15(3)11(19)14-9(10(17)18)8-5-13-16(4)6-8/h5-6,9,20H,7H2,1-4H3,(H,14,19)(H,17,18). The molecule has 1 unspecified atom stereocenters. The molecule has 0 radical (unpaired) electrons. The number of hydrogen-bond donors (Lipinski definition) is 3. The fourth-order valence-corrected chi connectivity index (χ4v) is 1.76. The van der Waals surface area contributed by atoms with Gasteiger partial charge < -0.3 is 20.4 Å². The largest absolute Gasteiger partial charge is 0.479 e. The number of hydrogen-bond acceptors (Lipinski definition) is 4. The molecule has 8 nitrogen and oxygen atoms in total. The van der Waals surface area contributed by atoms with E-state index >= 15 is 0 Å². The van der Waals surface area contributed by atoms with Gasteiger partial charge >= 0.3 is 12.0 Å². The van der Waals surface area contributed by atoms with Crippen LogP contribution < -0.4 is 5.32 Å². The predicted octanol–water partition coefficient (Wildman–Crippen LogP) is -0.0419. The van der Waals surface area contributed by atoms with Gasteiger partial charge in [-0.1, -0.05) is 0 Å². The lowest BCUT2D eigenvalue weighted by Crippen LogP contribution is -2.46. The van der Waals surface area contributed by atoms with Crippen molar-refractivity contribution in [3.05, 3.63) is 18.0 Å². The molecular weight excluding hydrogens is 264 g/mol. The number of carboxylic acid groups (broad SMARTS) is 1. The highest BCUT2D eigenvalue weighted by Crippen LogP contribution is 2.13. The maximum absolute atomic E-state index is 11.9. The van der Waals surface area contributed by atoms with Gasteiger partial charge in [0.1, 0.15) is 0 Å². The maximum atomic E-state index is 11.9. The van der Waals surface area contributed by atoms with Gasteiger partial charge in [-0.3, -0.25) is 4.68 Å². The summed E-state index contributed by atoms with van der Waals surface area (Å²) in [4.78, 5) is 24.4. The van der Waals surface area contributed by atoms with Crippen LogP contribution in [0.15, 0.2) is 12.4 Å². The Kier molecular flexibility index (Phi) is 4.72. The van der Waals surface area contributed by atoms with Crippen LogP contribution in [0.3, 0.4) is 0 Å². The van der Waals surface area contributed by atoms with Gasteiger partial charge in [0.2, 0.25) is 0 Å². The Bertz CT molecular complexity index is 492. The first kappa shape index (κ1) is 16.0. The number of nitrogens with one attached hydrogen (secondary N) is 1. The molecule has 0 spiro atoms. The van der Waals surface area contributed by atoms with Crippen LogP contribution in [0.2, 0.25) is 0 Å². The number of carbonyl (C=O) groups is 2. The van der Waals surface area contributed by atoms with Crippen molar-refractivity contribution in [2.75, 3.05) is 13.6 Å². The third-order valence-corrected chi connectivity index (χ3v) is 2.54. The molecular formula is C12H20N4O4. The second-order valence-corrected chi connectivity index (χ2v) is 5.34. The van der Waals surface area contributed by atoms with E-state index in [1.807, 2.05) is 0 Å². The number of urea groups is 1. The van der Waals surface area contributed by atoms with Crippen molar-refractivity contribution < 1.29 is 19.8 Å². The molecule has 1 rings (SSSR count). The number of aryl methyl sites for hydroxylation is 1. The van der Waals surface area contributed by atoms with Crippen LogP contribution in [0, 0.1) is 0 Å². The Labute approximate surface area is 117 Å². The van der Waals surface area contributed by atoms with E-state index in [-0.39, 0.29) is 6.54 Å². The van der Waals surface area contributed by atoms with Crippen LogP contribution in [0.1, 0.15) is 25.5 Å². The summed E-state index contributed by atoms with van der Waals surface area (Å²) in [5, 5.41) is 25.1. The topological polar surface area (TPSA) is 108 Å². The zero-order valence-electron chi connectivity index (χ0n) is 12.0. The van der Waals surface area contributed by atoms with Gasteiger partial charge in [-0.2, -0.15) is 5.10 Å². The minimum Gasteiger partial charge on any atom is -0.479 e. The van der Waals surface area contributed by atoms with Gasteiger partial charge in [0.15, 0.2) is 6.04 Å². The molecule has 0 fully saturated rings. The van der Waals surface area contributed by atoms with Crippen molar-refractivity contribution in [1.82, 2.24) is 20.0 Å². The van der Waals surface area contributed by atoms with Gasteiger partial charge in [0, 0.05) is 25.9 Å². The molecule has 1 aromatic rings. The number of carboxylic acids is 1. The minimum atomic E-state index is -1.18. The zero-order chi connectivity index (χ0) is 15.5. The molecule has 0 aliphatic carbocycles. The van der Waals surface area contributed by atoms with E-state index in [1.165, 1.54) is 29.0 Å². The number of nitrogens with zero attached hydrogens (tertiary/aromatic N) is 3. The third kappa shape index (κ3) is 4.54. The normalized spacial score (nSPS) is 12.8. The van der Waals surface area contributed by atoms with Gasteiger partial charge in [-0.05, 0) is 13.8 Å². The fraction of sp³-hybridized carbons (Fsp3) is 0.583. The molecule has 0 bridgehead atoms. The molecule has 0 saturated carbocycles. The molecule has 20 heavy (non-hydrogen) atoms. The van der Waals surface area contributed by atoms with Crippen LogP contribution >= 0.6 is 0 Å². The first-order valence-electron chi connectivity index (χ1n) is 6.05. The van der Waals surface area contributed by atoms with Gasteiger partial charge in [0.25, 0.3) is 0 Å². The molecule has 2 amide bonds. The SMILES string of the molecule is CN(CC(C)(C)O)C(=O)NC(C(=O)O)c1cnn(C)c1. The number of amides is 2. The summed E-state index contributed by atoms with van der Waals surface area (Å²) in [6, 6.07) is -1.76. The van der Waals surface area contributed by atoms with Crippen LogP contribution in [0.4, 0.5) is 4.79 Å². The van der Waals surface area contributed by atoms with Crippen LogP contribution in [-0.2, 0) is 11.8 Å². The quantitative estimate of drug-likeness (QED) is 0.703. The zero-order valence-corrected chi connectivity index (χ0v) is 12.0. The number of aliphatic hydroxyl groups is 1. The monoisotopic (exact) mass is 284 g/mol. The molecule has 0 saturated heterocycles. The second-order valence-electron chi connectivity index (χ2n) is 5.34. The highest BCUT2D eigenvalue weighted by molar-refractivity contribution is 5.83. The lowest BCUT2D eigenvalue weighted by molar-refractivity contribution is -0.139. The Morgan fingerprint density at radius 3 is 2.55 bits per heavy atom. The summed E-state index contributed by atoms with van der Waals surface area (Å²) in [6.07, 6.45) is 2.91. The average molecular weight is 284 g/mol. The van der Waals surface area contributed by atoms with Gasteiger partial charge in [-0.15, -0.1) is 0 Å².